The number of aryl methyl sites for hydroxylation is 1. The zero-order chi connectivity index (χ0) is 8.55. The fourth-order valence-corrected chi connectivity index (χ4v) is 1.56. The van der Waals surface area contributed by atoms with Gasteiger partial charge in [0.2, 0.25) is 0 Å². The third-order valence-electron chi connectivity index (χ3n) is 2.28. The molecule has 0 aliphatic carbocycles. The Morgan fingerprint density at radius 1 is 1.58 bits per heavy atom. The highest BCUT2D eigenvalue weighted by Crippen LogP contribution is 2.14. The summed E-state index contributed by atoms with van der Waals surface area (Å²) in [5, 5.41) is 2.91. The van der Waals surface area contributed by atoms with Crippen LogP contribution in [0.1, 0.15) is 29.4 Å². The topological polar surface area (TPSA) is 44.9 Å². The summed E-state index contributed by atoms with van der Waals surface area (Å²) >= 11 is 0. The van der Waals surface area contributed by atoms with E-state index in [0.29, 0.717) is 6.04 Å². The Hall–Kier alpha value is -1.25. The third-order valence-corrected chi connectivity index (χ3v) is 2.28. The Morgan fingerprint density at radius 3 is 3.25 bits per heavy atom. The monoisotopic (exact) mass is 164 g/mol. The molecule has 1 aliphatic rings. The molecule has 0 aromatic carbocycles. The van der Waals surface area contributed by atoms with E-state index in [9.17, 15) is 4.79 Å². The average molecular weight is 164 g/mol. The molecule has 2 N–H and O–H groups in total. The predicted molar refractivity (Wildman–Crippen MR) is 46.0 cm³/mol. The van der Waals surface area contributed by atoms with Crippen LogP contribution in [-0.2, 0) is 6.42 Å². The van der Waals surface area contributed by atoms with Crippen LogP contribution in [0.4, 0.5) is 0 Å². The predicted octanol–water partition coefficient (Wildman–Crippen LogP) is 1.08. The van der Waals surface area contributed by atoms with Crippen LogP contribution < -0.4 is 5.32 Å². The molecule has 1 amide bonds. The summed E-state index contributed by atoms with van der Waals surface area (Å²) in [5.74, 6) is 0.0278. The van der Waals surface area contributed by atoms with Crippen molar-refractivity contribution in [1.29, 1.82) is 0 Å². The second-order valence-corrected chi connectivity index (χ2v) is 3.29. The Morgan fingerprint density at radius 2 is 2.42 bits per heavy atom. The van der Waals surface area contributed by atoms with E-state index in [4.69, 9.17) is 0 Å². The van der Waals surface area contributed by atoms with Gasteiger partial charge in [0.05, 0.1) is 0 Å². The SMILES string of the molecule is CC1CCc2cc[nH]c2C(=O)N1. The van der Waals surface area contributed by atoms with Crippen LogP contribution in [-0.4, -0.2) is 16.9 Å². The van der Waals surface area contributed by atoms with Gasteiger partial charge in [0.25, 0.3) is 5.91 Å². The lowest BCUT2D eigenvalue weighted by Crippen LogP contribution is -2.30. The molecule has 0 saturated carbocycles. The molecule has 0 spiro atoms. The lowest BCUT2D eigenvalue weighted by Gasteiger charge is -2.07. The van der Waals surface area contributed by atoms with Crippen molar-refractivity contribution in [2.24, 2.45) is 0 Å². The summed E-state index contributed by atoms with van der Waals surface area (Å²) in [5.41, 5.74) is 1.87. The minimum absolute atomic E-state index is 0.0278. The van der Waals surface area contributed by atoms with E-state index < -0.39 is 0 Å². The summed E-state index contributed by atoms with van der Waals surface area (Å²) < 4.78 is 0. The Bertz CT molecular complexity index is 303. The van der Waals surface area contributed by atoms with Gasteiger partial charge < -0.3 is 10.3 Å². The van der Waals surface area contributed by atoms with Crippen molar-refractivity contribution in [2.45, 2.75) is 25.8 Å². The van der Waals surface area contributed by atoms with Gasteiger partial charge in [-0.2, -0.15) is 0 Å². The molecule has 3 heteroatoms. The fraction of sp³-hybridized carbons (Fsp3) is 0.444. The smallest absolute Gasteiger partial charge is 0.268 e. The normalized spacial score (nSPS) is 22.8. The van der Waals surface area contributed by atoms with Crippen LogP contribution in [0.15, 0.2) is 12.3 Å². The highest BCUT2D eigenvalue weighted by molar-refractivity contribution is 5.94. The number of hydrogen-bond donors (Lipinski definition) is 2. The number of H-pyrrole nitrogens is 1. The lowest BCUT2D eigenvalue weighted by molar-refractivity contribution is 0.0938. The highest BCUT2D eigenvalue weighted by atomic mass is 16.1. The molecule has 3 nitrogen and oxygen atoms in total. The molecule has 0 radical (unpaired) electrons. The molecular weight excluding hydrogens is 152 g/mol. The quantitative estimate of drug-likeness (QED) is 0.592. The fourth-order valence-electron chi connectivity index (χ4n) is 1.56. The second kappa shape index (κ2) is 2.66. The molecule has 64 valence electrons. The maximum atomic E-state index is 11.4. The molecular formula is C9H12N2O. The minimum Gasteiger partial charge on any atom is -0.357 e. The van der Waals surface area contributed by atoms with Crippen LogP contribution in [0.5, 0.6) is 0 Å². The van der Waals surface area contributed by atoms with Crippen molar-refractivity contribution < 1.29 is 4.79 Å². The molecule has 2 rings (SSSR count). The Kier molecular flexibility index (Phi) is 1.64. The standard InChI is InChI=1S/C9H12N2O/c1-6-2-3-7-4-5-10-8(7)9(12)11-6/h4-6,10H,2-3H2,1H3,(H,11,12). The molecule has 0 saturated heterocycles. The Labute approximate surface area is 71.2 Å². The van der Waals surface area contributed by atoms with Gasteiger partial charge in [0.15, 0.2) is 0 Å². The van der Waals surface area contributed by atoms with E-state index in [1.54, 1.807) is 0 Å². The molecule has 12 heavy (non-hydrogen) atoms. The number of aromatic nitrogens is 1. The van der Waals surface area contributed by atoms with E-state index in [1.807, 2.05) is 19.2 Å². The van der Waals surface area contributed by atoms with Crippen molar-refractivity contribution in [2.75, 3.05) is 0 Å². The molecule has 1 aromatic rings. The average Bonchev–Trinajstić information content (AvgIpc) is 2.43. The maximum absolute atomic E-state index is 11.4. The van der Waals surface area contributed by atoms with Crippen molar-refractivity contribution in [3.05, 3.63) is 23.5 Å². The van der Waals surface area contributed by atoms with Crippen LogP contribution in [0.25, 0.3) is 0 Å². The van der Waals surface area contributed by atoms with E-state index in [1.165, 1.54) is 0 Å². The maximum Gasteiger partial charge on any atom is 0.268 e. The lowest BCUT2D eigenvalue weighted by atomic mass is 10.1. The van der Waals surface area contributed by atoms with Crippen LogP contribution in [0.2, 0.25) is 0 Å². The van der Waals surface area contributed by atoms with E-state index in [-0.39, 0.29) is 5.91 Å². The first-order valence-electron chi connectivity index (χ1n) is 4.24. The van der Waals surface area contributed by atoms with Gasteiger partial charge in [-0.15, -0.1) is 0 Å². The molecule has 1 aliphatic heterocycles. The summed E-state index contributed by atoms with van der Waals surface area (Å²) in [6.07, 6.45) is 3.83. The molecule has 1 atom stereocenters. The molecule has 1 unspecified atom stereocenters. The molecule has 2 heterocycles. The van der Waals surface area contributed by atoms with Crippen LogP contribution >= 0.6 is 0 Å². The van der Waals surface area contributed by atoms with Gasteiger partial charge in [-0.25, -0.2) is 0 Å². The van der Waals surface area contributed by atoms with E-state index >= 15 is 0 Å². The number of carbonyl (C=O) groups excluding carboxylic acids is 1. The van der Waals surface area contributed by atoms with Gasteiger partial charge in [-0.05, 0) is 31.4 Å². The van der Waals surface area contributed by atoms with Gasteiger partial charge >= 0.3 is 0 Å². The zero-order valence-electron chi connectivity index (χ0n) is 7.05. The van der Waals surface area contributed by atoms with Crippen molar-refractivity contribution in [3.63, 3.8) is 0 Å². The highest BCUT2D eigenvalue weighted by Gasteiger charge is 2.18. The first-order valence-corrected chi connectivity index (χ1v) is 4.24. The van der Waals surface area contributed by atoms with Crippen molar-refractivity contribution in [1.82, 2.24) is 10.3 Å². The van der Waals surface area contributed by atoms with Gasteiger partial charge in [0, 0.05) is 12.2 Å². The minimum atomic E-state index is 0.0278. The number of nitrogens with one attached hydrogen (secondary N) is 2. The molecule has 0 fully saturated rings. The van der Waals surface area contributed by atoms with Crippen molar-refractivity contribution in [3.8, 4) is 0 Å². The van der Waals surface area contributed by atoms with Gasteiger partial charge in [0.1, 0.15) is 5.69 Å². The number of fused-ring (bicyclic) bond motifs is 1. The van der Waals surface area contributed by atoms with Crippen LogP contribution in [0, 0.1) is 0 Å². The van der Waals surface area contributed by atoms with Crippen molar-refractivity contribution >= 4 is 5.91 Å². The first kappa shape index (κ1) is 7.40. The van der Waals surface area contributed by atoms with Crippen LogP contribution in [0.3, 0.4) is 0 Å². The zero-order valence-corrected chi connectivity index (χ0v) is 7.05. The van der Waals surface area contributed by atoms with E-state index in [0.717, 1.165) is 24.1 Å². The van der Waals surface area contributed by atoms with Gasteiger partial charge in [-0.3, -0.25) is 4.79 Å². The number of carbonyl (C=O) groups is 1. The largest absolute Gasteiger partial charge is 0.357 e. The number of aromatic amines is 1. The molecule has 0 bridgehead atoms. The summed E-state index contributed by atoms with van der Waals surface area (Å²) in [6.45, 7) is 2.03. The van der Waals surface area contributed by atoms with Gasteiger partial charge in [-0.1, -0.05) is 0 Å². The summed E-state index contributed by atoms with van der Waals surface area (Å²) in [4.78, 5) is 14.4. The van der Waals surface area contributed by atoms with E-state index in [2.05, 4.69) is 10.3 Å². The Balaban J connectivity index is 2.35. The summed E-state index contributed by atoms with van der Waals surface area (Å²) in [6, 6.07) is 2.27. The number of hydrogen-bond acceptors (Lipinski definition) is 1. The molecule has 1 aromatic heterocycles. The summed E-state index contributed by atoms with van der Waals surface area (Å²) in [7, 11) is 0. The first-order chi connectivity index (χ1) is 5.77. The third kappa shape index (κ3) is 1.11. The number of rotatable bonds is 0. The number of amides is 1. The second-order valence-electron chi connectivity index (χ2n) is 3.29.